The zero-order valence-electron chi connectivity index (χ0n) is 9.83. The van der Waals surface area contributed by atoms with Crippen LogP contribution in [0.2, 0.25) is 0 Å². The number of nitrogens with one attached hydrogen (secondary N) is 1. The summed E-state index contributed by atoms with van der Waals surface area (Å²) in [5, 5.41) is 12.7. The maximum absolute atomic E-state index is 9.47. The summed E-state index contributed by atoms with van der Waals surface area (Å²) in [6.45, 7) is 4.25. The minimum Gasteiger partial charge on any atom is -0.391 e. The van der Waals surface area contributed by atoms with Gasteiger partial charge in [-0.15, -0.1) is 0 Å². The molecule has 0 fully saturated rings. The van der Waals surface area contributed by atoms with Gasteiger partial charge in [-0.2, -0.15) is 0 Å². The topological polar surface area (TPSA) is 41.5 Å². The Hall–Kier alpha value is -0.580. The summed E-state index contributed by atoms with van der Waals surface area (Å²) in [6, 6.07) is 5.93. The molecule has 0 bridgehead atoms. The van der Waals surface area contributed by atoms with Crippen molar-refractivity contribution in [3.05, 3.63) is 28.2 Å². The van der Waals surface area contributed by atoms with Gasteiger partial charge in [-0.1, -0.05) is 22.0 Å². The predicted molar refractivity (Wildman–Crippen MR) is 69.6 cm³/mol. The number of aliphatic hydroxyl groups is 1. The number of aliphatic hydroxyl groups excluding tert-OH is 1. The molecule has 0 radical (unpaired) electrons. The molecular weight excluding hydrogens is 270 g/mol. The summed E-state index contributed by atoms with van der Waals surface area (Å²) < 4.78 is 6.17. The van der Waals surface area contributed by atoms with Gasteiger partial charge in [0, 0.05) is 28.9 Å². The van der Waals surface area contributed by atoms with E-state index in [-0.39, 0.29) is 6.04 Å². The van der Waals surface area contributed by atoms with Crippen molar-refractivity contribution in [3.63, 3.8) is 0 Å². The normalized spacial score (nSPS) is 14.6. The summed E-state index contributed by atoms with van der Waals surface area (Å²) >= 11 is 3.49. The standard InChI is InChI=1S/C12H18BrNO2/c1-8(9(2)15)14-12-6-4-5-11(13)10(12)7-16-3/h4-6,8-9,14-15H,7H2,1-3H3. The average Bonchev–Trinajstić information content (AvgIpc) is 2.23. The lowest BCUT2D eigenvalue weighted by atomic mass is 10.1. The molecule has 1 aromatic rings. The first kappa shape index (κ1) is 13.5. The lowest BCUT2D eigenvalue weighted by molar-refractivity contribution is 0.176. The quantitative estimate of drug-likeness (QED) is 0.875. The van der Waals surface area contributed by atoms with E-state index in [4.69, 9.17) is 4.74 Å². The van der Waals surface area contributed by atoms with Crippen LogP contribution in [0.25, 0.3) is 0 Å². The van der Waals surface area contributed by atoms with Gasteiger partial charge in [0.15, 0.2) is 0 Å². The van der Waals surface area contributed by atoms with Gasteiger partial charge >= 0.3 is 0 Å². The molecule has 0 aromatic heterocycles. The molecular formula is C12H18BrNO2. The van der Waals surface area contributed by atoms with E-state index in [0.717, 1.165) is 15.7 Å². The Morgan fingerprint density at radius 3 is 2.69 bits per heavy atom. The fourth-order valence-corrected chi connectivity index (χ4v) is 1.83. The van der Waals surface area contributed by atoms with Gasteiger partial charge in [0.25, 0.3) is 0 Å². The second-order valence-corrected chi connectivity index (χ2v) is 4.73. The van der Waals surface area contributed by atoms with Crippen LogP contribution in [0.1, 0.15) is 19.4 Å². The molecule has 3 nitrogen and oxygen atoms in total. The van der Waals surface area contributed by atoms with Crippen molar-refractivity contribution >= 4 is 21.6 Å². The second kappa shape index (κ2) is 6.23. The Balaban J connectivity index is 2.90. The van der Waals surface area contributed by atoms with E-state index in [0.29, 0.717) is 6.61 Å². The summed E-state index contributed by atoms with van der Waals surface area (Å²) in [5.41, 5.74) is 2.06. The number of ether oxygens (including phenoxy) is 1. The highest BCUT2D eigenvalue weighted by molar-refractivity contribution is 9.10. The molecule has 0 aliphatic carbocycles. The molecule has 0 spiro atoms. The highest BCUT2D eigenvalue weighted by Crippen LogP contribution is 2.26. The zero-order chi connectivity index (χ0) is 12.1. The van der Waals surface area contributed by atoms with Crippen molar-refractivity contribution in [3.8, 4) is 0 Å². The molecule has 0 amide bonds. The second-order valence-electron chi connectivity index (χ2n) is 3.87. The van der Waals surface area contributed by atoms with Gasteiger partial charge in [0.05, 0.1) is 12.7 Å². The molecule has 0 aliphatic rings. The molecule has 1 rings (SSSR count). The van der Waals surface area contributed by atoms with E-state index >= 15 is 0 Å². The van der Waals surface area contributed by atoms with Crippen molar-refractivity contribution in [2.45, 2.75) is 32.6 Å². The number of hydrogen-bond acceptors (Lipinski definition) is 3. The van der Waals surface area contributed by atoms with Crippen molar-refractivity contribution in [2.75, 3.05) is 12.4 Å². The molecule has 2 atom stereocenters. The van der Waals surface area contributed by atoms with E-state index in [1.165, 1.54) is 0 Å². The van der Waals surface area contributed by atoms with Gasteiger partial charge < -0.3 is 15.2 Å². The minimum atomic E-state index is -0.394. The minimum absolute atomic E-state index is 0.00454. The van der Waals surface area contributed by atoms with E-state index in [2.05, 4.69) is 21.2 Å². The van der Waals surface area contributed by atoms with Crippen LogP contribution in [0.3, 0.4) is 0 Å². The third-order valence-electron chi connectivity index (χ3n) is 2.51. The largest absolute Gasteiger partial charge is 0.391 e. The summed E-state index contributed by atoms with van der Waals surface area (Å²) in [6.07, 6.45) is -0.394. The van der Waals surface area contributed by atoms with Gasteiger partial charge in [-0.3, -0.25) is 0 Å². The Kier molecular flexibility index (Phi) is 5.25. The van der Waals surface area contributed by atoms with Crippen LogP contribution >= 0.6 is 15.9 Å². The van der Waals surface area contributed by atoms with Gasteiger partial charge in [-0.05, 0) is 26.0 Å². The SMILES string of the molecule is COCc1c(Br)cccc1NC(C)C(C)O. The van der Waals surface area contributed by atoms with Gasteiger partial charge in [0.1, 0.15) is 0 Å². The van der Waals surface area contributed by atoms with E-state index in [1.807, 2.05) is 25.1 Å². The van der Waals surface area contributed by atoms with Gasteiger partial charge in [0.2, 0.25) is 0 Å². The molecule has 0 heterocycles. The van der Waals surface area contributed by atoms with Crippen LogP contribution in [0.15, 0.2) is 22.7 Å². The van der Waals surface area contributed by atoms with Crippen LogP contribution in [-0.2, 0) is 11.3 Å². The lowest BCUT2D eigenvalue weighted by Gasteiger charge is -2.20. The Labute approximate surface area is 105 Å². The number of methoxy groups -OCH3 is 1. The van der Waals surface area contributed by atoms with E-state index in [9.17, 15) is 5.11 Å². The summed E-state index contributed by atoms with van der Waals surface area (Å²) in [5.74, 6) is 0. The number of hydrogen-bond donors (Lipinski definition) is 2. The first-order valence-electron chi connectivity index (χ1n) is 5.27. The first-order valence-corrected chi connectivity index (χ1v) is 6.06. The summed E-state index contributed by atoms with van der Waals surface area (Å²) in [7, 11) is 1.67. The smallest absolute Gasteiger partial charge is 0.0744 e. The molecule has 0 saturated heterocycles. The number of halogens is 1. The maximum atomic E-state index is 9.47. The van der Waals surface area contributed by atoms with E-state index in [1.54, 1.807) is 14.0 Å². The first-order chi connectivity index (χ1) is 7.56. The van der Waals surface area contributed by atoms with E-state index < -0.39 is 6.10 Å². The highest BCUT2D eigenvalue weighted by atomic mass is 79.9. The number of benzene rings is 1. The molecule has 0 aliphatic heterocycles. The molecule has 2 N–H and O–H groups in total. The molecule has 4 heteroatoms. The van der Waals surface area contributed by atoms with Crippen molar-refractivity contribution in [1.82, 2.24) is 0 Å². The number of anilines is 1. The molecule has 1 aromatic carbocycles. The average molecular weight is 288 g/mol. The molecule has 2 unspecified atom stereocenters. The van der Waals surface area contributed by atoms with Crippen LogP contribution in [0.5, 0.6) is 0 Å². The molecule has 0 saturated carbocycles. The monoisotopic (exact) mass is 287 g/mol. The molecule has 90 valence electrons. The van der Waals surface area contributed by atoms with Crippen molar-refractivity contribution in [2.24, 2.45) is 0 Å². The Bertz CT molecular complexity index is 342. The lowest BCUT2D eigenvalue weighted by Crippen LogP contribution is -2.28. The fourth-order valence-electron chi connectivity index (χ4n) is 1.35. The third-order valence-corrected chi connectivity index (χ3v) is 3.26. The fraction of sp³-hybridized carbons (Fsp3) is 0.500. The van der Waals surface area contributed by atoms with Gasteiger partial charge in [-0.25, -0.2) is 0 Å². The van der Waals surface area contributed by atoms with Crippen LogP contribution in [0, 0.1) is 0 Å². The predicted octanol–water partition coefficient (Wildman–Crippen LogP) is 2.78. The summed E-state index contributed by atoms with van der Waals surface area (Å²) in [4.78, 5) is 0. The van der Waals surface area contributed by atoms with Crippen LogP contribution in [0.4, 0.5) is 5.69 Å². The zero-order valence-corrected chi connectivity index (χ0v) is 11.4. The maximum Gasteiger partial charge on any atom is 0.0744 e. The molecule has 16 heavy (non-hydrogen) atoms. The van der Waals surface area contributed by atoms with Crippen LogP contribution < -0.4 is 5.32 Å². The van der Waals surface area contributed by atoms with Crippen LogP contribution in [-0.4, -0.2) is 24.4 Å². The number of rotatable bonds is 5. The Morgan fingerprint density at radius 2 is 2.12 bits per heavy atom. The van der Waals surface area contributed by atoms with Crippen molar-refractivity contribution in [1.29, 1.82) is 0 Å². The Morgan fingerprint density at radius 1 is 1.44 bits per heavy atom. The van der Waals surface area contributed by atoms with Crippen molar-refractivity contribution < 1.29 is 9.84 Å². The third kappa shape index (κ3) is 3.47. The highest BCUT2D eigenvalue weighted by Gasteiger charge is 2.12.